The normalized spacial score (nSPS) is 29.1. The lowest BCUT2D eigenvalue weighted by atomic mass is 10.4. The Hall–Kier alpha value is -0.130. The van der Waals surface area contributed by atoms with Gasteiger partial charge in [-0.3, -0.25) is 4.55 Å². The molecule has 6 nitrogen and oxygen atoms in total. The molecule has 1 fully saturated rings. The van der Waals surface area contributed by atoms with Crippen molar-refractivity contribution in [3.8, 4) is 0 Å². The van der Waals surface area contributed by atoms with Gasteiger partial charge in [0, 0.05) is 0 Å². The van der Waals surface area contributed by atoms with Gasteiger partial charge in [0.1, 0.15) is 12.7 Å². The summed E-state index contributed by atoms with van der Waals surface area (Å²) in [4.78, 5) is 0. The molecule has 0 bridgehead atoms. The van der Waals surface area contributed by atoms with Crippen LogP contribution in [0.25, 0.3) is 0 Å². The molecule has 0 spiro atoms. The summed E-state index contributed by atoms with van der Waals surface area (Å²) in [6.45, 7) is -3.54. The summed E-state index contributed by atoms with van der Waals surface area (Å²) in [7, 11) is -5.38. The fourth-order valence-electron chi connectivity index (χ4n) is 1.50. The molecule has 100 valence electrons. The van der Waals surface area contributed by atoms with Crippen LogP contribution in [0.1, 0.15) is 0 Å². The van der Waals surface area contributed by atoms with Crippen LogP contribution in [0.2, 0.25) is 0 Å². The first-order valence-electron chi connectivity index (χ1n) is 5.04. The van der Waals surface area contributed by atoms with Gasteiger partial charge >= 0.3 is 16.7 Å². The topological polar surface area (TPSA) is 93.1 Å². The molecule has 1 heterocycles. The van der Waals surface area contributed by atoms with Gasteiger partial charge in [-0.2, -0.15) is 17.5 Å². The Morgan fingerprint density at radius 1 is 1.22 bits per heavy atom. The Morgan fingerprint density at radius 2 is 1.78 bits per heavy atom. The monoisotopic (exact) mass is 311 g/mol. The van der Waals surface area contributed by atoms with E-state index in [1.807, 2.05) is 0 Å². The van der Waals surface area contributed by atoms with E-state index in [1.165, 1.54) is 0 Å². The highest BCUT2D eigenvalue weighted by atomic mass is 32.8. The third-order valence-corrected chi connectivity index (χ3v) is 9.76. The first-order chi connectivity index (χ1) is 8.49. The van der Waals surface area contributed by atoms with Gasteiger partial charge in [0.2, 0.25) is 0 Å². The average Bonchev–Trinajstić information content (AvgIpc) is 2.38. The van der Waals surface area contributed by atoms with Crippen LogP contribution in [-0.2, 0) is 18.8 Å². The standard InChI is InChI=1S/C9H12O6P2S/c10-6-16-7-14-17(15-8-16,18(11,12)13)9-4-2-1-3-5-9/h1-5,10H,6-8H2/p+1. The van der Waals surface area contributed by atoms with Gasteiger partial charge < -0.3 is 5.11 Å². The van der Waals surface area contributed by atoms with E-state index in [9.17, 15) is 13.0 Å². The molecule has 9 heteroatoms. The Morgan fingerprint density at radius 3 is 2.22 bits per heavy atom. The largest absolute Gasteiger partial charge is 0.455 e. The van der Waals surface area contributed by atoms with Crippen molar-refractivity contribution in [2.75, 3.05) is 19.0 Å². The zero-order valence-electron chi connectivity index (χ0n) is 9.34. The molecule has 0 aromatic heterocycles. The van der Waals surface area contributed by atoms with Gasteiger partial charge in [0.15, 0.2) is 5.30 Å². The maximum atomic E-state index is 11.6. The molecule has 2 rings (SSSR count). The molecule has 0 radical (unpaired) electrons. The molecule has 0 saturated carbocycles. The van der Waals surface area contributed by atoms with Crippen molar-refractivity contribution in [1.82, 2.24) is 0 Å². The van der Waals surface area contributed by atoms with E-state index in [0.717, 1.165) is 0 Å². The van der Waals surface area contributed by atoms with E-state index in [2.05, 4.69) is 0 Å². The highest BCUT2D eigenvalue weighted by Crippen LogP contribution is 2.70. The lowest BCUT2D eigenvalue weighted by molar-refractivity contribution is 0.275. The molecule has 1 aliphatic rings. The number of benzene rings is 1. The summed E-state index contributed by atoms with van der Waals surface area (Å²) >= 11 is 0. The number of aliphatic hydroxyl groups excluding tert-OH is 1. The first-order valence-corrected chi connectivity index (χ1v) is 10.6. The van der Waals surface area contributed by atoms with E-state index in [0.29, 0.717) is 5.30 Å². The van der Waals surface area contributed by atoms with Crippen molar-refractivity contribution in [3.63, 3.8) is 0 Å². The van der Waals surface area contributed by atoms with E-state index in [-0.39, 0.29) is 19.0 Å². The minimum atomic E-state index is -4.48. The van der Waals surface area contributed by atoms with Crippen molar-refractivity contribution in [2.24, 2.45) is 0 Å². The minimum absolute atomic E-state index is 0.0877. The molecule has 18 heavy (non-hydrogen) atoms. The minimum Gasteiger partial charge on any atom is -0.392 e. The summed E-state index contributed by atoms with van der Waals surface area (Å²) < 4.78 is 43.3. The van der Waals surface area contributed by atoms with Crippen molar-refractivity contribution >= 4 is 29.9 Å². The predicted octanol–water partition coefficient (Wildman–Crippen LogP) is 1.36. The van der Waals surface area contributed by atoms with E-state index >= 15 is 0 Å². The Kier molecular flexibility index (Phi) is 4.34. The second-order valence-electron chi connectivity index (χ2n) is 3.61. The maximum Gasteiger partial charge on any atom is 0.455 e. The van der Waals surface area contributed by atoms with Crippen LogP contribution in [0.4, 0.5) is 0 Å². The smallest absolute Gasteiger partial charge is 0.392 e. The third kappa shape index (κ3) is 2.58. The Labute approximate surface area is 107 Å². The molecule has 1 saturated heterocycles. The first kappa shape index (κ1) is 14.3. The average molecular weight is 311 g/mol. The van der Waals surface area contributed by atoms with Crippen molar-refractivity contribution in [3.05, 3.63) is 30.3 Å². The van der Waals surface area contributed by atoms with Crippen LogP contribution >= 0.6 is 14.8 Å². The lowest BCUT2D eigenvalue weighted by Gasteiger charge is -2.27. The number of hydrogen-bond donors (Lipinski definition) is 2. The second kappa shape index (κ2) is 5.47. The van der Waals surface area contributed by atoms with Crippen molar-refractivity contribution in [1.29, 1.82) is 0 Å². The van der Waals surface area contributed by atoms with Gasteiger partial charge in [0.25, 0.3) is 0 Å². The molecule has 2 N–H and O–H groups in total. The number of aliphatic hydroxyl groups is 1. The molecule has 1 aromatic rings. The molecular weight excluding hydrogens is 298 g/mol. The van der Waals surface area contributed by atoms with E-state index in [4.69, 9.17) is 14.2 Å². The van der Waals surface area contributed by atoms with Crippen molar-refractivity contribution in [2.45, 2.75) is 0 Å². The van der Waals surface area contributed by atoms with Crippen molar-refractivity contribution < 1.29 is 27.1 Å². The fraction of sp³-hybridized carbons (Fsp3) is 0.333. The zero-order chi connectivity index (χ0) is 13.2. The van der Waals surface area contributed by atoms with Crippen LogP contribution in [-0.4, -0.2) is 37.1 Å². The quantitative estimate of drug-likeness (QED) is 0.646. The molecular formula is C9H13O6P2S+. The van der Waals surface area contributed by atoms with E-state index < -0.39 is 24.6 Å². The summed E-state index contributed by atoms with van der Waals surface area (Å²) in [5.41, 5.74) is 0. The van der Waals surface area contributed by atoms with Gasteiger partial charge in [0.05, 0.1) is 6.35 Å². The predicted molar refractivity (Wildman–Crippen MR) is 70.5 cm³/mol. The molecule has 0 unspecified atom stereocenters. The molecule has 1 aromatic carbocycles. The highest BCUT2D eigenvalue weighted by molar-refractivity contribution is 8.53. The summed E-state index contributed by atoms with van der Waals surface area (Å²) in [6.07, 6.45) is 0.123. The molecule has 1 aliphatic heterocycles. The second-order valence-corrected chi connectivity index (χ2v) is 11.5. The lowest BCUT2D eigenvalue weighted by Crippen LogP contribution is -2.27. The van der Waals surface area contributed by atoms with E-state index in [1.54, 1.807) is 30.3 Å². The SMILES string of the molecule is O=S(=O)(O)[P+]1(c2ccccc2)OCP(CO)CO1. The third-order valence-electron chi connectivity index (χ3n) is 2.40. The molecule has 0 atom stereocenters. The number of hydrogen-bond acceptors (Lipinski definition) is 5. The van der Waals surface area contributed by atoms with Crippen LogP contribution in [0.15, 0.2) is 30.3 Å². The summed E-state index contributed by atoms with van der Waals surface area (Å²) in [6, 6.07) is 8.13. The fourth-order valence-corrected chi connectivity index (χ4v) is 8.51. The van der Waals surface area contributed by atoms with Gasteiger partial charge in [-0.15, -0.1) is 0 Å². The van der Waals surface area contributed by atoms with Crippen LogP contribution in [0, 0.1) is 0 Å². The summed E-state index contributed by atoms with van der Waals surface area (Å²) in [5.74, 6) is 0. The van der Waals surface area contributed by atoms with Gasteiger partial charge in [-0.1, -0.05) is 18.2 Å². The Balaban J connectivity index is 2.39. The maximum absolute atomic E-state index is 11.6. The van der Waals surface area contributed by atoms with Crippen LogP contribution in [0.5, 0.6) is 0 Å². The molecule has 0 amide bonds. The van der Waals surface area contributed by atoms with Gasteiger partial charge in [-0.05, 0) is 20.1 Å². The highest BCUT2D eigenvalue weighted by Gasteiger charge is 2.62. The molecule has 0 aliphatic carbocycles. The van der Waals surface area contributed by atoms with Crippen LogP contribution in [0.3, 0.4) is 0 Å². The summed E-state index contributed by atoms with van der Waals surface area (Å²) in [5, 5.41) is 9.32. The van der Waals surface area contributed by atoms with Crippen LogP contribution < -0.4 is 5.30 Å². The van der Waals surface area contributed by atoms with Gasteiger partial charge in [-0.25, -0.2) is 0 Å². The zero-order valence-corrected chi connectivity index (χ0v) is 11.9. The number of rotatable bonds is 3. The Bertz CT molecular complexity index is 497.